The molecule has 1 saturated heterocycles. The largest absolute Gasteiger partial charge is 0.368 e. The van der Waals surface area contributed by atoms with Crippen molar-refractivity contribution in [3.63, 3.8) is 0 Å². The van der Waals surface area contributed by atoms with E-state index in [1.807, 2.05) is 11.9 Å². The first-order valence-electron chi connectivity index (χ1n) is 4.87. The van der Waals surface area contributed by atoms with Crippen LogP contribution in [0.2, 0.25) is 5.02 Å². The number of nitrogens with zero attached hydrogens (tertiary/aromatic N) is 2. The average Bonchev–Trinajstić information content (AvgIpc) is 2.74. The van der Waals surface area contributed by atoms with Gasteiger partial charge in [0.15, 0.2) is 0 Å². The standard InChI is InChI=1S/C9H13ClN4O/c1-14(6-2-3-11-4-6)7-5-12-13-9(15)8(7)10/h5-6,11H,2-4H2,1H3,(H,13,15). The second-order valence-corrected chi connectivity index (χ2v) is 4.03. The van der Waals surface area contributed by atoms with E-state index in [2.05, 4.69) is 15.5 Å². The van der Waals surface area contributed by atoms with Gasteiger partial charge in [0.1, 0.15) is 5.02 Å². The Labute approximate surface area is 92.4 Å². The fourth-order valence-electron chi connectivity index (χ4n) is 1.79. The summed E-state index contributed by atoms with van der Waals surface area (Å²) >= 11 is 5.92. The van der Waals surface area contributed by atoms with Gasteiger partial charge in [0.25, 0.3) is 5.56 Å². The summed E-state index contributed by atoms with van der Waals surface area (Å²) in [6.07, 6.45) is 2.64. The van der Waals surface area contributed by atoms with Crippen LogP contribution in [0.15, 0.2) is 11.0 Å². The van der Waals surface area contributed by atoms with E-state index in [4.69, 9.17) is 11.6 Å². The number of hydrogen-bond acceptors (Lipinski definition) is 4. The second-order valence-electron chi connectivity index (χ2n) is 3.66. The molecule has 1 unspecified atom stereocenters. The van der Waals surface area contributed by atoms with E-state index >= 15 is 0 Å². The Kier molecular flexibility index (Phi) is 2.93. The molecule has 0 spiro atoms. The van der Waals surface area contributed by atoms with E-state index in [1.165, 1.54) is 0 Å². The molecule has 0 saturated carbocycles. The summed E-state index contributed by atoms with van der Waals surface area (Å²) in [6.45, 7) is 1.92. The first kappa shape index (κ1) is 10.4. The molecule has 1 atom stereocenters. The van der Waals surface area contributed by atoms with Gasteiger partial charge < -0.3 is 10.2 Å². The third kappa shape index (κ3) is 1.98. The predicted octanol–water partition coefficient (Wildman–Crippen LogP) is 0.221. The fraction of sp³-hybridized carbons (Fsp3) is 0.556. The Morgan fingerprint density at radius 1 is 1.67 bits per heavy atom. The summed E-state index contributed by atoms with van der Waals surface area (Å²) in [5.41, 5.74) is 0.348. The van der Waals surface area contributed by atoms with Crippen LogP contribution in [0.5, 0.6) is 0 Å². The zero-order valence-corrected chi connectivity index (χ0v) is 9.21. The van der Waals surface area contributed by atoms with Crippen LogP contribution in [0.4, 0.5) is 5.69 Å². The zero-order chi connectivity index (χ0) is 10.8. The summed E-state index contributed by atoms with van der Waals surface area (Å²) in [6, 6.07) is 0.381. The number of halogens is 1. The molecular formula is C9H13ClN4O. The molecule has 1 aromatic rings. The number of hydrogen-bond donors (Lipinski definition) is 2. The van der Waals surface area contributed by atoms with E-state index in [0.29, 0.717) is 11.7 Å². The molecule has 0 aliphatic carbocycles. The van der Waals surface area contributed by atoms with Crippen molar-refractivity contribution < 1.29 is 0 Å². The van der Waals surface area contributed by atoms with Crippen LogP contribution in [0, 0.1) is 0 Å². The first-order valence-corrected chi connectivity index (χ1v) is 5.24. The molecule has 82 valence electrons. The van der Waals surface area contributed by atoms with Crippen molar-refractivity contribution in [3.05, 3.63) is 21.6 Å². The van der Waals surface area contributed by atoms with E-state index in [9.17, 15) is 4.79 Å². The molecule has 1 aliphatic rings. The van der Waals surface area contributed by atoms with E-state index in [1.54, 1.807) is 6.20 Å². The van der Waals surface area contributed by atoms with Gasteiger partial charge in [-0.05, 0) is 13.0 Å². The molecule has 0 aromatic carbocycles. The van der Waals surface area contributed by atoms with Gasteiger partial charge >= 0.3 is 0 Å². The second kappa shape index (κ2) is 4.20. The maximum Gasteiger partial charge on any atom is 0.285 e. The van der Waals surface area contributed by atoms with Crippen LogP contribution in [0.3, 0.4) is 0 Å². The van der Waals surface area contributed by atoms with Gasteiger partial charge in [0, 0.05) is 19.6 Å². The lowest BCUT2D eigenvalue weighted by molar-refractivity contribution is 0.682. The van der Waals surface area contributed by atoms with Gasteiger partial charge in [0.2, 0.25) is 0 Å². The van der Waals surface area contributed by atoms with Crippen LogP contribution in [-0.2, 0) is 0 Å². The number of aromatic nitrogens is 2. The van der Waals surface area contributed by atoms with Gasteiger partial charge in [-0.1, -0.05) is 11.6 Å². The van der Waals surface area contributed by atoms with Crippen molar-refractivity contribution in [2.24, 2.45) is 0 Å². The number of anilines is 1. The average molecular weight is 229 g/mol. The molecule has 15 heavy (non-hydrogen) atoms. The molecular weight excluding hydrogens is 216 g/mol. The van der Waals surface area contributed by atoms with Crippen LogP contribution >= 0.6 is 11.6 Å². The maximum absolute atomic E-state index is 11.3. The third-order valence-electron chi connectivity index (χ3n) is 2.74. The highest BCUT2D eigenvalue weighted by Crippen LogP contribution is 2.22. The Hall–Kier alpha value is -1.07. The summed E-state index contributed by atoms with van der Waals surface area (Å²) in [5, 5.41) is 9.53. The van der Waals surface area contributed by atoms with E-state index in [-0.39, 0.29) is 10.6 Å². The lowest BCUT2D eigenvalue weighted by atomic mass is 10.2. The van der Waals surface area contributed by atoms with E-state index in [0.717, 1.165) is 19.5 Å². The molecule has 1 fully saturated rings. The van der Waals surface area contributed by atoms with Gasteiger partial charge in [-0.15, -0.1) is 0 Å². The van der Waals surface area contributed by atoms with Crippen LogP contribution in [-0.4, -0.2) is 36.4 Å². The SMILES string of the molecule is CN(c1cn[nH]c(=O)c1Cl)C1CCNC1. The fourth-order valence-corrected chi connectivity index (χ4v) is 2.01. The number of rotatable bonds is 2. The van der Waals surface area contributed by atoms with Gasteiger partial charge in [-0.25, -0.2) is 5.10 Å². The molecule has 2 heterocycles. The molecule has 0 radical (unpaired) electrons. The van der Waals surface area contributed by atoms with Crippen LogP contribution in [0.1, 0.15) is 6.42 Å². The van der Waals surface area contributed by atoms with Gasteiger partial charge in [-0.2, -0.15) is 5.10 Å². The molecule has 1 aromatic heterocycles. The first-order chi connectivity index (χ1) is 7.20. The number of aromatic amines is 1. The Balaban J connectivity index is 2.28. The summed E-state index contributed by atoms with van der Waals surface area (Å²) in [4.78, 5) is 13.3. The van der Waals surface area contributed by atoms with Crippen molar-refractivity contribution in [2.45, 2.75) is 12.5 Å². The lowest BCUT2D eigenvalue weighted by Crippen LogP contribution is -2.34. The normalized spacial score (nSPS) is 20.5. The van der Waals surface area contributed by atoms with Crippen LogP contribution in [0.25, 0.3) is 0 Å². The van der Waals surface area contributed by atoms with Crippen molar-refractivity contribution in [3.8, 4) is 0 Å². The molecule has 2 N–H and O–H groups in total. The van der Waals surface area contributed by atoms with Gasteiger partial charge in [0.05, 0.1) is 11.9 Å². The van der Waals surface area contributed by atoms with Crippen molar-refractivity contribution in [1.82, 2.24) is 15.5 Å². The smallest absolute Gasteiger partial charge is 0.285 e. The highest BCUT2D eigenvalue weighted by Gasteiger charge is 2.21. The highest BCUT2D eigenvalue weighted by molar-refractivity contribution is 6.32. The number of likely N-dealkylation sites (N-methyl/N-ethyl adjacent to an activating group) is 1. The van der Waals surface area contributed by atoms with E-state index < -0.39 is 0 Å². The zero-order valence-electron chi connectivity index (χ0n) is 8.46. The quantitative estimate of drug-likeness (QED) is 0.761. The Bertz CT molecular complexity index is 399. The molecule has 5 nitrogen and oxygen atoms in total. The Morgan fingerprint density at radius 2 is 2.47 bits per heavy atom. The highest BCUT2D eigenvalue weighted by atomic mass is 35.5. The monoisotopic (exact) mass is 228 g/mol. The summed E-state index contributed by atoms with van der Waals surface area (Å²) in [5.74, 6) is 0. The topological polar surface area (TPSA) is 61.0 Å². The van der Waals surface area contributed by atoms with Crippen LogP contribution < -0.4 is 15.8 Å². The molecule has 0 amide bonds. The summed E-state index contributed by atoms with van der Waals surface area (Å²) in [7, 11) is 1.93. The molecule has 0 bridgehead atoms. The van der Waals surface area contributed by atoms with Crippen molar-refractivity contribution in [2.75, 3.05) is 25.0 Å². The molecule has 1 aliphatic heterocycles. The minimum atomic E-state index is -0.341. The predicted molar refractivity (Wildman–Crippen MR) is 59.5 cm³/mol. The number of nitrogens with one attached hydrogen (secondary N) is 2. The van der Waals surface area contributed by atoms with Crippen molar-refractivity contribution in [1.29, 1.82) is 0 Å². The number of H-pyrrole nitrogens is 1. The van der Waals surface area contributed by atoms with Gasteiger partial charge in [-0.3, -0.25) is 4.79 Å². The minimum Gasteiger partial charge on any atom is -0.368 e. The molecule has 2 rings (SSSR count). The third-order valence-corrected chi connectivity index (χ3v) is 3.10. The Morgan fingerprint density at radius 3 is 3.13 bits per heavy atom. The minimum absolute atomic E-state index is 0.208. The molecule has 6 heteroatoms. The maximum atomic E-state index is 11.3. The van der Waals surface area contributed by atoms with Crippen molar-refractivity contribution >= 4 is 17.3 Å². The summed E-state index contributed by atoms with van der Waals surface area (Å²) < 4.78 is 0. The lowest BCUT2D eigenvalue weighted by Gasteiger charge is -2.25.